The monoisotopic (exact) mass is 533 g/mol. The Bertz CT molecular complexity index is 1380. The third kappa shape index (κ3) is 6.08. The summed E-state index contributed by atoms with van der Waals surface area (Å²) < 4.78 is 14.8. The summed E-state index contributed by atoms with van der Waals surface area (Å²) in [6, 6.07) is 11.1. The van der Waals surface area contributed by atoms with E-state index in [0.29, 0.717) is 35.3 Å². The van der Waals surface area contributed by atoms with Gasteiger partial charge in [0.15, 0.2) is 0 Å². The van der Waals surface area contributed by atoms with Gasteiger partial charge in [0.05, 0.1) is 17.3 Å². The van der Waals surface area contributed by atoms with Crippen molar-refractivity contribution in [2.24, 2.45) is 0 Å². The Morgan fingerprint density at radius 1 is 1.08 bits per heavy atom. The van der Waals surface area contributed by atoms with Gasteiger partial charge in [0.2, 0.25) is 6.41 Å². The molecule has 0 bridgehead atoms. The molecule has 0 spiro atoms. The molecule has 2 heterocycles. The fraction of sp³-hybridized carbons (Fsp3) is 0.241. The molecule has 196 valence electrons. The summed E-state index contributed by atoms with van der Waals surface area (Å²) in [4.78, 5) is 23.6. The van der Waals surface area contributed by atoms with Gasteiger partial charge in [-0.2, -0.15) is 0 Å². The number of phenolic OH excluding ortho intramolecular Hbond substituents is 1. The van der Waals surface area contributed by atoms with Crippen molar-refractivity contribution >= 4 is 29.5 Å². The van der Waals surface area contributed by atoms with Crippen molar-refractivity contribution < 1.29 is 14.3 Å². The summed E-state index contributed by atoms with van der Waals surface area (Å²) in [7, 11) is 3.67. The molecule has 1 aliphatic rings. The van der Waals surface area contributed by atoms with Crippen molar-refractivity contribution in [2.75, 3.05) is 56.6 Å². The van der Waals surface area contributed by atoms with E-state index in [4.69, 9.17) is 18.0 Å². The molecule has 2 aromatic carbocycles. The minimum absolute atomic E-state index is 0.0778. The lowest BCUT2D eigenvalue weighted by Crippen LogP contribution is -2.46. The number of aromatic nitrogens is 1. The lowest BCUT2D eigenvalue weighted by atomic mass is 9.97. The van der Waals surface area contributed by atoms with E-state index >= 15 is 0 Å². The Balaban J connectivity index is 1.65. The van der Waals surface area contributed by atoms with Crippen molar-refractivity contribution in [3.05, 3.63) is 71.9 Å². The van der Waals surface area contributed by atoms with Crippen LogP contribution in [0.4, 0.5) is 15.9 Å². The number of rotatable bonds is 8. The van der Waals surface area contributed by atoms with Crippen LogP contribution in [0, 0.1) is 18.2 Å². The molecule has 0 unspecified atom stereocenters. The molecule has 1 N–H and O–H groups in total. The quantitative estimate of drug-likeness (QED) is 0.335. The van der Waals surface area contributed by atoms with Gasteiger partial charge in [-0.05, 0) is 47.5 Å². The van der Waals surface area contributed by atoms with Crippen LogP contribution in [0.5, 0.6) is 5.75 Å². The lowest BCUT2D eigenvalue weighted by Gasteiger charge is -2.34. The number of amides is 1. The molecule has 1 aliphatic heterocycles. The highest BCUT2D eigenvalue weighted by molar-refractivity contribution is 6.34. The number of benzene rings is 2. The molecule has 1 amide bonds. The van der Waals surface area contributed by atoms with E-state index in [-0.39, 0.29) is 16.3 Å². The molecule has 9 heteroatoms. The van der Waals surface area contributed by atoms with E-state index in [9.17, 15) is 14.3 Å². The zero-order valence-electron chi connectivity index (χ0n) is 21.3. The third-order valence-corrected chi connectivity index (χ3v) is 6.62. The summed E-state index contributed by atoms with van der Waals surface area (Å²) in [6.07, 6.45) is 11.0. The number of anilines is 2. The smallest absolute Gasteiger partial charge is 0.218 e. The highest BCUT2D eigenvalue weighted by Crippen LogP contribution is 2.41. The highest BCUT2D eigenvalue weighted by Gasteiger charge is 2.20. The molecule has 1 aromatic heterocycles. The number of terminal acetylenes is 1. The third-order valence-electron chi connectivity index (χ3n) is 6.32. The van der Waals surface area contributed by atoms with E-state index in [0.717, 1.165) is 32.0 Å². The Morgan fingerprint density at radius 3 is 2.37 bits per heavy atom. The first kappa shape index (κ1) is 27.0. The molecule has 0 aliphatic carbocycles. The summed E-state index contributed by atoms with van der Waals surface area (Å²) >= 11 is 6.50. The number of hydrogen-bond donors (Lipinski definition) is 1. The Hall–Kier alpha value is -4.06. The maximum absolute atomic E-state index is 14.8. The van der Waals surface area contributed by atoms with Gasteiger partial charge in [0.25, 0.3) is 0 Å². The average Bonchev–Trinajstić information content (AvgIpc) is 2.91. The predicted octanol–water partition coefficient (Wildman–Crippen LogP) is 4.66. The van der Waals surface area contributed by atoms with Crippen LogP contribution < -0.4 is 9.80 Å². The highest BCUT2D eigenvalue weighted by atomic mass is 35.5. The van der Waals surface area contributed by atoms with E-state index in [1.807, 2.05) is 20.2 Å². The van der Waals surface area contributed by atoms with Gasteiger partial charge < -0.3 is 14.9 Å². The van der Waals surface area contributed by atoms with Gasteiger partial charge in [-0.15, -0.1) is 6.42 Å². The molecule has 7 nitrogen and oxygen atoms in total. The van der Waals surface area contributed by atoms with Crippen LogP contribution in [-0.4, -0.2) is 73.1 Å². The molecule has 3 aromatic rings. The molecule has 4 rings (SSSR count). The second-order valence-electron chi connectivity index (χ2n) is 9.16. The maximum Gasteiger partial charge on any atom is 0.218 e. The van der Waals surface area contributed by atoms with Crippen molar-refractivity contribution in [3.8, 4) is 40.3 Å². The van der Waals surface area contributed by atoms with E-state index in [2.05, 4.69) is 20.7 Å². The van der Waals surface area contributed by atoms with Crippen LogP contribution >= 0.6 is 11.6 Å². The molecule has 1 saturated heterocycles. The number of aromatic hydroxyl groups is 1. The fourth-order valence-electron chi connectivity index (χ4n) is 4.32. The van der Waals surface area contributed by atoms with Crippen molar-refractivity contribution in [1.82, 2.24) is 14.8 Å². The van der Waals surface area contributed by atoms with Gasteiger partial charge in [-0.25, -0.2) is 9.37 Å². The predicted molar refractivity (Wildman–Crippen MR) is 151 cm³/mol. The summed E-state index contributed by atoms with van der Waals surface area (Å²) in [5.41, 5.74) is 2.25. The van der Waals surface area contributed by atoms with Gasteiger partial charge in [0.1, 0.15) is 17.4 Å². The number of nitrogens with zero attached hydrogens (tertiary/aromatic N) is 5. The summed E-state index contributed by atoms with van der Waals surface area (Å²) in [5.74, 6) is 2.85. The first-order chi connectivity index (χ1) is 18.3. The summed E-state index contributed by atoms with van der Waals surface area (Å²) in [6.45, 7) is 3.81. The van der Waals surface area contributed by atoms with E-state index < -0.39 is 5.82 Å². The molecule has 0 radical (unpaired) electrons. The topological polar surface area (TPSA) is 63.2 Å². The van der Waals surface area contributed by atoms with E-state index in [1.54, 1.807) is 47.8 Å². The van der Waals surface area contributed by atoms with Gasteiger partial charge in [-0.3, -0.25) is 14.6 Å². The number of phenols is 1. The number of carbonyl (C=O) groups is 1. The van der Waals surface area contributed by atoms with Crippen LogP contribution in [-0.2, 0) is 4.79 Å². The van der Waals surface area contributed by atoms with Crippen molar-refractivity contribution in [3.63, 3.8) is 0 Å². The van der Waals surface area contributed by atoms with Gasteiger partial charge in [0, 0.05) is 70.0 Å². The molecule has 0 saturated carbocycles. The number of halogens is 2. The average molecular weight is 534 g/mol. The minimum atomic E-state index is -0.502. The Morgan fingerprint density at radius 2 is 1.76 bits per heavy atom. The number of piperazine rings is 1. The standard InChI is InChI=1S/C29H29ClFN5O2/c1-4-9-34-11-14-35(15-12-34)28-17-22(7-8-32-28)25-19-23(31)18-24(29(25)38)21-5-6-27(26(30)16-21)36(20-37)13-10-33(2)3/h1,5-8,10,13,16-20,38H,9,11-12,14-15H2,2-3H3/b13-10-. The van der Waals surface area contributed by atoms with Crippen LogP contribution in [0.3, 0.4) is 0 Å². The first-order valence-electron chi connectivity index (χ1n) is 12.1. The second-order valence-corrected chi connectivity index (χ2v) is 9.57. The SMILES string of the molecule is C#CCN1CCN(c2cc(-c3cc(F)cc(-c4ccc(N(C=O)/C=C\N(C)C)c(Cl)c4)c3O)ccn2)CC1. The first-order valence-corrected chi connectivity index (χ1v) is 12.5. The molecular weight excluding hydrogens is 505 g/mol. The number of carbonyl (C=O) groups excluding carboxylic acids is 1. The van der Waals surface area contributed by atoms with Gasteiger partial charge >= 0.3 is 0 Å². The lowest BCUT2D eigenvalue weighted by molar-refractivity contribution is -0.106. The van der Waals surface area contributed by atoms with Crippen molar-refractivity contribution in [1.29, 1.82) is 0 Å². The van der Waals surface area contributed by atoms with E-state index in [1.165, 1.54) is 17.0 Å². The Labute approximate surface area is 227 Å². The molecule has 0 atom stereocenters. The van der Waals surface area contributed by atoms with Crippen LogP contribution in [0.15, 0.2) is 61.1 Å². The van der Waals surface area contributed by atoms with Crippen LogP contribution in [0.2, 0.25) is 5.02 Å². The fourth-order valence-corrected chi connectivity index (χ4v) is 4.60. The molecule has 38 heavy (non-hydrogen) atoms. The summed E-state index contributed by atoms with van der Waals surface area (Å²) in [5, 5.41) is 11.5. The van der Waals surface area contributed by atoms with Gasteiger partial charge in [-0.1, -0.05) is 23.6 Å². The Kier molecular flexibility index (Phi) is 8.52. The van der Waals surface area contributed by atoms with Crippen molar-refractivity contribution in [2.45, 2.75) is 0 Å². The zero-order chi connectivity index (χ0) is 27.2. The van der Waals surface area contributed by atoms with Crippen LogP contribution in [0.1, 0.15) is 0 Å². The largest absolute Gasteiger partial charge is 0.507 e. The maximum atomic E-state index is 14.8. The number of pyridine rings is 1. The number of hydrogen-bond acceptors (Lipinski definition) is 6. The second kappa shape index (κ2) is 12.0. The normalized spacial score (nSPS) is 13.9. The minimum Gasteiger partial charge on any atom is -0.507 e. The zero-order valence-corrected chi connectivity index (χ0v) is 22.1. The molecule has 1 fully saturated rings. The van der Waals surface area contributed by atoms with Crippen LogP contribution in [0.25, 0.3) is 22.3 Å². The molecular formula is C29H29ClFN5O2.